The van der Waals surface area contributed by atoms with Crippen LogP contribution in [-0.4, -0.2) is 30.3 Å². The van der Waals surface area contributed by atoms with Gasteiger partial charge < -0.3 is 17.2 Å². The van der Waals surface area contributed by atoms with Crippen LogP contribution in [0.15, 0.2) is 0 Å². The zero-order valence-corrected chi connectivity index (χ0v) is 8.16. The zero-order chi connectivity index (χ0) is 9.56. The molecule has 0 bridgehead atoms. The molecule has 4 nitrogen and oxygen atoms in total. The standard InChI is InChI=1S/C8H22N4/c1-3-4-8(11)12(6-5-9)7(2)10/h7-8H,3-6,9-11H2,1-2H3. The minimum Gasteiger partial charge on any atom is -0.329 e. The first kappa shape index (κ1) is 11.8. The SMILES string of the molecule is CCCC(N)N(CCN)C(C)N. The van der Waals surface area contributed by atoms with Crippen LogP contribution in [0.25, 0.3) is 0 Å². The van der Waals surface area contributed by atoms with Crippen molar-refractivity contribution < 1.29 is 0 Å². The van der Waals surface area contributed by atoms with Gasteiger partial charge >= 0.3 is 0 Å². The van der Waals surface area contributed by atoms with E-state index in [9.17, 15) is 0 Å². The summed E-state index contributed by atoms with van der Waals surface area (Å²) in [6.07, 6.45) is 2.10. The van der Waals surface area contributed by atoms with Crippen LogP contribution in [-0.2, 0) is 0 Å². The molecular weight excluding hydrogens is 152 g/mol. The van der Waals surface area contributed by atoms with Gasteiger partial charge in [0.25, 0.3) is 0 Å². The van der Waals surface area contributed by atoms with Gasteiger partial charge in [-0.05, 0) is 13.3 Å². The summed E-state index contributed by atoms with van der Waals surface area (Å²) >= 11 is 0. The van der Waals surface area contributed by atoms with Crippen molar-refractivity contribution in [1.29, 1.82) is 0 Å². The molecule has 0 aliphatic heterocycles. The number of hydrogen-bond acceptors (Lipinski definition) is 4. The van der Waals surface area contributed by atoms with E-state index < -0.39 is 0 Å². The molecule has 0 fully saturated rings. The zero-order valence-electron chi connectivity index (χ0n) is 8.16. The van der Waals surface area contributed by atoms with Gasteiger partial charge in [-0.2, -0.15) is 0 Å². The lowest BCUT2D eigenvalue weighted by atomic mass is 10.2. The summed E-state index contributed by atoms with van der Waals surface area (Å²) in [5.41, 5.74) is 17.1. The predicted octanol–water partition coefficient (Wildman–Crippen LogP) is -0.363. The van der Waals surface area contributed by atoms with Crippen LogP contribution in [0.3, 0.4) is 0 Å². The van der Waals surface area contributed by atoms with Crippen LogP contribution in [0.2, 0.25) is 0 Å². The fourth-order valence-electron chi connectivity index (χ4n) is 1.28. The van der Waals surface area contributed by atoms with Crippen LogP contribution >= 0.6 is 0 Å². The Morgan fingerprint density at radius 2 is 1.92 bits per heavy atom. The van der Waals surface area contributed by atoms with Gasteiger partial charge in [0.15, 0.2) is 0 Å². The fourth-order valence-corrected chi connectivity index (χ4v) is 1.28. The van der Waals surface area contributed by atoms with Crippen molar-refractivity contribution in [2.75, 3.05) is 13.1 Å². The second-order valence-electron chi connectivity index (χ2n) is 3.12. The van der Waals surface area contributed by atoms with Crippen molar-refractivity contribution in [2.45, 2.75) is 39.0 Å². The number of nitrogens with zero attached hydrogens (tertiary/aromatic N) is 1. The van der Waals surface area contributed by atoms with E-state index >= 15 is 0 Å². The fraction of sp³-hybridized carbons (Fsp3) is 1.00. The second kappa shape index (κ2) is 6.37. The maximum Gasteiger partial charge on any atom is 0.0585 e. The van der Waals surface area contributed by atoms with Crippen molar-refractivity contribution in [2.24, 2.45) is 17.2 Å². The van der Waals surface area contributed by atoms with E-state index in [2.05, 4.69) is 6.92 Å². The highest BCUT2D eigenvalue weighted by Gasteiger charge is 2.15. The first-order valence-corrected chi connectivity index (χ1v) is 4.60. The minimum atomic E-state index is -0.00454. The van der Waals surface area contributed by atoms with Gasteiger partial charge in [0, 0.05) is 13.1 Å². The van der Waals surface area contributed by atoms with Crippen molar-refractivity contribution >= 4 is 0 Å². The molecule has 0 radical (unpaired) electrons. The summed E-state index contributed by atoms with van der Waals surface area (Å²) in [4.78, 5) is 2.03. The molecule has 0 aromatic rings. The third-order valence-electron chi connectivity index (χ3n) is 1.92. The van der Waals surface area contributed by atoms with E-state index in [0.717, 1.165) is 19.4 Å². The topological polar surface area (TPSA) is 81.3 Å². The Morgan fingerprint density at radius 1 is 1.33 bits per heavy atom. The molecule has 12 heavy (non-hydrogen) atoms. The summed E-state index contributed by atoms with van der Waals surface area (Å²) in [6, 6.07) is 0. The smallest absolute Gasteiger partial charge is 0.0585 e. The van der Waals surface area contributed by atoms with Crippen LogP contribution in [0.1, 0.15) is 26.7 Å². The average molecular weight is 174 g/mol. The Hall–Kier alpha value is -0.160. The van der Waals surface area contributed by atoms with Crippen LogP contribution in [0.5, 0.6) is 0 Å². The molecule has 0 saturated carbocycles. The summed E-state index contributed by atoms with van der Waals surface area (Å²) in [7, 11) is 0. The van der Waals surface area contributed by atoms with E-state index in [4.69, 9.17) is 17.2 Å². The molecule has 6 N–H and O–H groups in total. The third-order valence-corrected chi connectivity index (χ3v) is 1.92. The van der Waals surface area contributed by atoms with Gasteiger partial charge in [0.05, 0.1) is 12.3 Å². The lowest BCUT2D eigenvalue weighted by molar-refractivity contribution is 0.145. The molecular formula is C8H22N4. The summed E-state index contributed by atoms with van der Waals surface area (Å²) in [6.45, 7) is 5.44. The quantitative estimate of drug-likeness (QED) is 0.480. The van der Waals surface area contributed by atoms with Crippen LogP contribution in [0, 0.1) is 0 Å². The Kier molecular flexibility index (Phi) is 6.28. The van der Waals surface area contributed by atoms with Crippen molar-refractivity contribution in [3.63, 3.8) is 0 Å². The Balaban J connectivity index is 3.90. The predicted molar refractivity (Wildman–Crippen MR) is 52.3 cm³/mol. The Morgan fingerprint density at radius 3 is 2.25 bits per heavy atom. The first-order chi connectivity index (χ1) is 5.63. The molecule has 0 aromatic heterocycles. The molecule has 0 aliphatic carbocycles. The molecule has 74 valence electrons. The van der Waals surface area contributed by atoms with E-state index in [1.54, 1.807) is 0 Å². The molecule has 2 unspecified atom stereocenters. The molecule has 2 atom stereocenters. The number of hydrogen-bond donors (Lipinski definition) is 3. The molecule has 0 saturated heterocycles. The van der Waals surface area contributed by atoms with Gasteiger partial charge in [0.1, 0.15) is 0 Å². The van der Waals surface area contributed by atoms with Gasteiger partial charge in [-0.25, -0.2) is 0 Å². The lowest BCUT2D eigenvalue weighted by Crippen LogP contribution is -2.52. The molecule has 0 amide bonds. The van der Waals surface area contributed by atoms with Crippen LogP contribution in [0.4, 0.5) is 0 Å². The summed E-state index contributed by atoms with van der Waals surface area (Å²) in [5, 5.41) is 0. The number of nitrogens with two attached hydrogens (primary N) is 3. The molecule has 0 heterocycles. The normalized spacial score (nSPS) is 16.5. The molecule has 4 heteroatoms. The van der Waals surface area contributed by atoms with Gasteiger partial charge in [0.2, 0.25) is 0 Å². The van der Waals surface area contributed by atoms with E-state index in [0.29, 0.717) is 6.54 Å². The van der Waals surface area contributed by atoms with E-state index in [-0.39, 0.29) is 12.3 Å². The van der Waals surface area contributed by atoms with Crippen molar-refractivity contribution in [1.82, 2.24) is 4.90 Å². The molecule has 0 spiro atoms. The van der Waals surface area contributed by atoms with Crippen LogP contribution < -0.4 is 17.2 Å². The Bertz CT molecular complexity index is 105. The molecule has 0 rings (SSSR count). The number of rotatable bonds is 6. The van der Waals surface area contributed by atoms with E-state index in [1.165, 1.54) is 0 Å². The summed E-state index contributed by atoms with van der Waals surface area (Å²) in [5.74, 6) is 0. The maximum atomic E-state index is 5.91. The summed E-state index contributed by atoms with van der Waals surface area (Å²) < 4.78 is 0. The molecule has 0 aromatic carbocycles. The first-order valence-electron chi connectivity index (χ1n) is 4.60. The highest BCUT2D eigenvalue weighted by molar-refractivity contribution is 4.68. The third kappa shape index (κ3) is 4.01. The largest absolute Gasteiger partial charge is 0.329 e. The van der Waals surface area contributed by atoms with Crippen molar-refractivity contribution in [3.8, 4) is 0 Å². The average Bonchev–Trinajstić information content (AvgIpc) is 1.99. The minimum absolute atomic E-state index is 0.00454. The second-order valence-corrected chi connectivity index (χ2v) is 3.12. The highest BCUT2D eigenvalue weighted by atomic mass is 15.3. The monoisotopic (exact) mass is 174 g/mol. The molecule has 0 aliphatic rings. The maximum absolute atomic E-state index is 5.91. The van der Waals surface area contributed by atoms with Crippen molar-refractivity contribution in [3.05, 3.63) is 0 Å². The van der Waals surface area contributed by atoms with Gasteiger partial charge in [-0.1, -0.05) is 13.3 Å². The van der Waals surface area contributed by atoms with Gasteiger partial charge in [-0.3, -0.25) is 4.90 Å². The highest BCUT2D eigenvalue weighted by Crippen LogP contribution is 2.02. The van der Waals surface area contributed by atoms with E-state index in [1.807, 2.05) is 11.8 Å². The lowest BCUT2D eigenvalue weighted by Gasteiger charge is -2.31. The Labute approximate surface area is 75.1 Å². The van der Waals surface area contributed by atoms with Gasteiger partial charge in [-0.15, -0.1) is 0 Å².